The summed E-state index contributed by atoms with van der Waals surface area (Å²) in [6.07, 6.45) is 0. The Balaban J connectivity index is 1.86. The molecule has 0 N–H and O–H groups in total. The summed E-state index contributed by atoms with van der Waals surface area (Å²) in [6, 6.07) is 16.2. The van der Waals surface area contributed by atoms with Gasteiger partial charge < -0.3 is 4.74 Å². The van der Waals surface area contributed by atoms with Crippen LogP contribution in [0.5, 0.6) is 5.75 Å². The molecule has 0 aromatic heterocycles. The molecule has 0 fully saturated rings. The first-order valence-electron chi connectivity index (χ1n) is 5.76. The van der Waals surface area contributed by atoms with E-state index in [1.807, 2.05) is 30.3 Å². The van der Waals surface area contributed by atoms with E-state index in [-0.39, 0.29) is 11.7 Å². The maximum Gasteiger partial charge on any atom is 0.321 e. The second-order valence-electron chi connectivity index (χ2n) is 3.85. The summed E-state index contributed by atoms with van der Waals surface area (Å²) in [4.78, 5) is 12.7. The van der Waals surface area contributed by atoms with Crippen molar-refractivity contribution in [3.05, 3.63) is 58.6 Å². The predicted molar refractivity (Wildman–Crippen MR) is 81.7 cm³/mol. The number of thioether (sulfide) groups is 1. The molecule has 100 valence electrons. The number of nitriles is 1. The van der Waals surface area contributed by atoms with Gasteiger partial charge in [-0.3, -0.25) is 4.79 Å². The molecular formula is C15H10BrNO2S. The van der Waals surface area contributed by atoms with E-state index in [9.17, 15) is 4.79 Å². The first-order valence-corrected chi connectivity index (χ1v) is 7.54. The number of carbonyl (C=O) groups is 1. The first kappa shape index (κ1) is 14.6. The Bertz CT molecular complexity index is 632. The van der Waals surface area contributed by atoms with Crippen LogP contribution in [-0.2, 0) is 4.79 Å². The van der Waals surface area contributed by atoms with Gasteiger partial charge in [-0.1, -0.05) is 15.9 Å². The smallest absolute Gasteiger partial charge is 0.321 e. The molecule has 3 nitrogen and oxygen atoms in total. The number of rotatable bonds is 4. The number of hydrogen-bond acceptors (Lipinski definition) is 4. The first-order chi connectivity index (χ1) is 9.67. The molecule has 0 saturated carbocycles. The molecule has 0 unspecified atom stereocenters. The van der Waals surface area contributed by atoms with E-state index in [0.717, 1.165) is 9.37 Å². The average Bonchev–Trinajstić information content (AvgIpc) is 2.47. The fourth-order valence-electron chi connectivity index (χ4n) is 1.43. The third-order valence-electron chi connectivity index (χ3n) is 2.39. The van der Waals surface area contributed by atoms with E-state index in [2.05, 4.69) is 15.9 Å². The van der Waals surface area contributed by atoms with Crippen molar-refractivity contribution < 1.29 is 9.53 Å². The molecule has 2 aromatic carbocycles. The van der Waals surface area contributed by atoms with Crippen LogP contribution in [0, 0.1) is 11.3 Å². The Labute approximate surface area is 129 Å². The SMILES string of the molecule is N#Cc1ccc(OC(=O)CSc2ccc(Br)cc2)cc1. The molecule has 0 spiro atoms. The maximum absolute atomic E-state index is 11.7. The molecule has 0 radical (unpaired) electrons. The summed E-state index contributed by atoms with van der Waals surface area (Å²) in [6.45, 7) is 0. The van der Waals surface area contributed by atoms with Crippen molar-refractivity contribution in [3.63, 3.8) is 0 Å². The van der Waals surface area contributed by atoms with Crippen LogP contribution in [-0.4, -0.2) is 11.7 Å². The molecule has 0 aliphatic rings. The maximum atomic E-state index is 11.7. The third-order valence-corrected chi connectivity index (χ3v) is 3.90. The van der Waals surface area contributed by atoms with Gasteiger partial charge in [-0.2, -0.15) is 5.26 Å². The Morgan fingerprint density at radius 3 is 2.40 bits per heavy atom. The number of nitrogens with zero attached hydrogens (tertiary/aromatic N) is 1. The van der Waals surface area contributed by atoms with Crippen molar-refractivity contribution in [3.8, 4) is 11.8 Å². The van der Waals surface area contributed by atoms with Crippen LogP contribution in [0.3, 0.4) is 0 Å². The van der Waals surface area contributed by atoms with Crippen molar-refractivity contribution in [1.82, 2.24) is 0 Å². The van der Waals surface area contributed by atoms with Crippen LogP contribution in [0.2, 0.25) is 0 Å². The molecule has 20 heavy (non-hydrogen) atoms. The quantitative estimate of drug-likeness (QED) is 0.476. The van der Waals surface area contributed by atoms with E-state index in [1.165, 1.54) is 11.8 Å². The lowest BCUT2D eigenvalue weighted by atomic mass is 10.2. The number of halogens is 1. The van der Waals surface area contributed by atoms with E-state index >= 15 is 0 Å². The number of carbonyl (C=O) groups excluding carboxylic acids is 1. The fourth-order valence-corrected chi connectivity index (χ4v) is 2.37. The molecule has 0 aliphatic heterocycles. The summed E-state index contributed by atoms with van der Waals surface area (Å²) in [7, 11) is 0. The van der Waals surface area contributed by atoms with Crippen molar-refractivity contribution in [1.29, 1.82) is 5.26 Å². The van der Waals surface area contributed by atoms with E-state index in [0.29, 0.717) is 11.3 Å². The lowest BCUT2D eigenvalue weighted by Crippen LogP contribution is -2.10. The van der Waals surface area contributed by atoms with Gasteiger partial charge in [0.15, 0.2) is 0 Å². The normalized spacial score (nSPS) is 9.80. The number of benzene rings is 2. The van der Waals surface area contributed by atoms with Crippen LogP contribution in [0.15, 0.2) is 57.9 Å². The number of esters is 1. The van der Waals surface area contributed by atoms with Gasteiger partial charge in [-0.25, -0.2) is 0 Å². The topological polar surface area (TPSA) is 50.1 Å². The summed E-state index contributed by atoms with van der Waals surface area (Å²) >= 11 is 4.77. The highest BCUT2D eigenvalue weighted by atomic mass is 79.9. The van der Waals surface area contributed by atoms with E-state index < -0.39 is 0 Å². The predicted octanol–water partition coefficient (Wildman–Crippen LogP) is 4.02. The summed E-state index contributed by atoms with van der Waals surface area (Å²) < 4.78 is 6.18. The monoisotopic (exact) mass is 347 g/mol. The lowest BCUT2D eigenvalue weighted by Gasteiger charge is -2.04. The van der Waals surface area contributed by atoms with Crippen LogP contribution >= 0.6 is 27.7 Å². The molecule has 0 amide bonds. The standard InChI is InChI=1S/C15H10BrNO2S/c16-12-3-7-14(8-4-12)20-10-15(18)19-13-5-1-11(9-17)2-6-13/h1-8H,10H2. The summed E-state index contributed by atoms with van der Waals surface area (Å²) in [5, 5.41) is 8.68. The van der Waals surface area contributed by atoms with Crippen LogP contribution < -0.4 is 4.74 Å². The summed E-state index contributed by atoms with van der Waals surface area (Å²) in [5.41, 5.74) is 0.536. The van der Waals surface area contributed by atoms with Crippen molar-refractivity contribution >= 4 is 33.7 Å². The molecule has 0 atom stereocenters. The van der Waals surface area contributed by atoms with Gasteiger partial charge in [0.25, 0.3) is 0 Å². The second-order valence-corrected chi connectivity index (χ2v) is 5.82. The Kier molecular flexibility index (Phi) is 5.22. The van der Waals surface area contributed by atoms with Gasteiger partial charge in [0.2, 0.25) is 0 Å². The van der Waals surface area contributed by atoms with E-state index in [4.69, 9.17) is 10.00 Å². The number of hydrogen-bond donors (Lipinski definition) is 0. The molecule has 2 rings (SSSR count). The van der Waals surface area contributed by atoms with Crippen LogP contribution in [0.4, 0.5) is 0 Å². The fraction of sp³-hybridized carbons (Fsp3) is 0.0667. The molecule has 2 aromatic rings. The zero-order chi connectivity index (χ0) is 14.4. The van der Waals surface area contributed by atoms with Gasteiger partial charge in [0, 0.05) is 9.37 Å². The Morgan fingerprint density at radius 2 is 1.80 bits per heavy atom. The minimum absolute atomic E-state index is 0.238. The molecule has 0 heterocycles. The Morgan fingerprint density at radius 1 is 1.15 bits per heavy atom. The van der Waals surface area contributed by atoms with Gasteiger partial charge in [0.05, 0.1) is 17.4 Å². The van der Waals surface area contributed by atoms with Crippen molar-refractivity contribution in [2.75, 3.05) is 5.75 Å². The lowest BCUT2D eigenvalue weighted by molar-refractivity contribution is -0.131. The average molecular weight is 348 g/mol. The molecule has 5 heteroatoms. The molecular weight excluding hydrogens is 338 g/mol. The van der Waals surface area contributed by atoms with Gasteiger partial charge in [0.1, 0.15) is 5.75 Å². The van der Waals surface area contributed by atoms with Gasteiger partial charge in [-0.05, 0) is 48.5 Å². The second kappa shape index (κ2) is 7.13. The number of ether oxygens (including phenoxy) is 1. The minimum Gasteiger partial charge on any atom is -0.426 e. The van der Waals surface area contributed by atoms with Gasteiger partial charge >= 0.3 is 5.97 Å². The molecule has 0 bridgehead atoms. The summed E-state index contributed by atoms with van der Waals surface area (Å²) in [5.74, 6) is 0.370. The highest BCUT2D eigenvalue weighted by Gasteiger charge is 2.06. The molecule has 0 aliphatic carbocycles. The minimum atomic E-state index is -0.317. The van der Waals surface area contributed by atoms with Crippen LogP contribution in [0.25, 0.3) is 0 Å². The highest BCUT2D eigenvalue weighted by molar-refractivity contribution is 9.10. The van der Waals surface area contributed by atoms with Gasteiger partial charge in [-0.15, -0.1) is 11.8 Å². The zero-order valence-corrected chi connectivity index (χ0v) is 12.8. The largest absolute Gasteiger partial charge is 0.426 e. The van der Waals surface area contributed by atoms with E-state index in [1.54, 1.807) is 24.3 Å². The third kappa shape index (κ3) is 4.41. The van der Waals surface area contributed by atoms with Crippen molar-refractivity contribution in [2.45, 2.75) is 4.90 Å². The molecule has 0 saturated heterocycles. The Hall–Kier alpha value is -1.77. The van der Waals surface area contributed by atoms with Crippen molar-refractivity contribution in [2.24, 2.45) is 0 Å². The highest BCUT2D eigenvalue weighted by Crippen LogP contribution is 2.21. The zero-order valence-electron chi connectivity index (χ0n) is 10.4. The van der Waals surface area contributed by atoms with Crippen LogP contribution in [0.1, 0.15) is 5.56 Å².